The van der Waals surface area contributed by atoms with Crippen molar-refractivity contribution in [1.29, 1.82) is 5.41 Å². The zero-order valence-electron chi connectivity index (χ0n) is 16.6. The zero-order valence-corrected chi connectivity index (χ0v) is 16.6. The predicted octanol–water partition coefficient (Wildman–Crippen LogP) is 0.156. The first-order chi connectivity index (χ1) is 14.2. The molecule has 0 fully saturated rings. The number of carboxylic acids is 1. The van der Waals surface area contributed by atoms with Gasteiger partial charge in [-0.25, -0.2) is 0 Å². The summed E-state index contributed by atoms with van der Waals surface area (Å²) in [5.41, 5.74) is 0.837. The predicted molar refractivity (Wildman–Crippen MR) is 108 cm³/mol. The number of aliphatic carboxylic acids is 1. The molecule has 10 nitrogen and oxygen atoms in total. The number of ketones is 1. The van der Waals surface area contributed by atoms with Crippen molar-refractivity contribution in [1.82, 2.24) is 16.0 Å². The van der Waals surface area contributed by atoms with Gasteiger partial charge in [-0.15, -0.1) is 0 Å². The summed E-state index contributed by atoms with van der Waals surface area (Å²) in [6, 6.07) is 6.84. The van der Waals surface area contributed by atoms with Crippen molar-refractivity contribution >= 4 is 35.7 Å². The lowest BCUT2D eigenvalue weighted by Crippen LogP contribution is -2.53. The van der Waals surface area contributed by atoms with Crippen LogP contribution in [0, 0.1) is 5.41 Å². The van der Waals surface area contributed by atoms with Crippen LogP contribution in [0.1, 0.15) is 38.2 Å². The number of rotatable bonds is 13. The van der Waals surface area contributed by atoms with E-state index in [1.807, 2.05) is 30.3 Å². The van der Waals surface area contributed by atoms with Crippen molar-refractivity contribution in [2.75, 3.05) is 0 Å². The maximum absolute atomic E-state index is 12.6. The van der Waals surface area contributed by atoms with Crippen molar-refractivity contribution in [3.05, 3.63) is 35.9 Å². The molecule has 1 aromatic carbocycles. The van der Waals surface area contributed by atoms with Gasteiger partial charge in [-0.1, -0.05) is 30.3 Å². The lowest BCUT2D eigenvalue weighted by Gasteiger charge is -2.22. The number of carbonyl (C=O) groups excluding carboxylic acids is 4. The van der Waals surface area contributed by atoms with Crippen LogP contribution in [0.4, 0.5) is 0 Å². The molecule has 0 unspecified atom stereocenters. The molecule has 0 aliphatic rings. The molecule has 162 valence electrons. The van der Waals surface area contributed by atoms with E-state index in [9.17, 15) is 24.0 Å². The molecule has 0 aromatic heterocycles. The maximum Gasteiger partial charge on any atom is 0.303 e. The van der Waals surface area contributed by atoms with E-state index in [0.29, 0.717) is 6.21 Å². The number of carboxylic acid groups (broad SMARTS) is 1. The summed E-state index contributed by atoms with van der Waals surface area (Å²) >= 11 is 0. The minimum absolute atomic E-state index is 0.0493. The second-order valence-corrected chi connectivity index (χ2v) is 6.60. The topological polar surface area (TPSA) is 166 Å². The molecular formula is C20H26N4O6. The first-order valence-electron chi connectivity index (χ1n) is 9.37. The molecule has 0 saturated heterocycles. The SMILES string of the molecule is CC(=O)N[C@@H](CCC(=O)O)C(=O)N[C@@H](CCC(=O)C=N)C(=O)NCc1ccccc1. The van der Waals surface area contributed by atoms with Crippen molar-refractivity contribution in [2.45, 2.75) is 51.2 Å². The number of hydrogen-bond donors (Lipinski definition) is 5. The number of benzene rings is 1. The highest BCUT2D eigenvalue weighted by molar-refractivity contribution is 6.26. The van der Waals surface area contributed by atoms with Crippen LogP contribution in [0.25, 0.3) is 0 Å². The highest BCUT2D eigenvalue weighted by Gasteiger charge is 2.27. The van der Waals surface area contributed by atoms with Crippen LogP contribution in [0.5, 0.6) is 0 Å². The number of Topliss-reactive ketones (excluding diaryl/α,β-unsaturated/α-hetero) is 1. The summed E-state index contributed by atoms with van der Waals surface area (Å²) in [5.74, 6) is -3.43. The van der Waals surface area contributed by atoms with E-state index in [1.54, 1.807) is 0 Å². The summed E-state index contributed by atoms with van der Waals surface area (Å²) in [6.07, 6.45) is -0.0544. The molecule has 0 radical (unpaired) electrons. The minimum Gasteiger partial charge on any atom is -0.481 e. The van der Waals surface area contributed by atoms with Gasteiger partial charge in [0.15, 0.2) is 5.78 Å². The largest absolute Gasteiger partial charge is 0.481 e. The molecule has 1 aromatic rings. The monoisotopic (exact) mass is 418 g/mol. The summed E-state index contributed by atoms with van der Waals surface area (Å²) in [4.78, 5) is 58.8. The third-order valence-corrected chi connectivity index (χ3v) is 4.12. The van der Waals surface area contributed by atoms with Gasteiger partial charge in [0.1, 0.15) is 12.1 Å². The Labute approximate surface area is 173 Å². The second kappa shape index (κ2) is 12.8. The zero-order chi connectivity index (χ0) is 22.5. The summed E-state index contributed by atoms with van der Waals surface area (Å²) in [7, 11) is 0. The first-order valence-corrected chi connectivity index (χ1v) is 9.37. The molecule has 30 heavy (non-hydrogen) atoms. The van der Waals surface area contributed by atoms with E-state index >= 15 is 0 Å². The molecule has 0 heterocycles. The van der Waals surface area contributed by atoms with Crippen LogP contribution in [0.3, 0.4) is 0 Å². The van der Waals surface area contributed by atoms with Crippen LogP contribution in [-0.2, 0) is 30.5 Å². The molecule has 0 aliphatic carbocycles. The third kappa shape index (κ3) is 9.58. The normalized spacial score (nSPS) is 12.2. The molecule has 0 saturated carbocycles. The van der Waals surface area contributed by atoms with Crippen molar-refractivity contribution in [3.63, 3.8) is 0 Å². The van der Waals surface area contributed by atoms with E-state index in [4.69, 9.17) is 10.5 Å². The molecule has 5 N–H and O–H groups in total. The fourth-order valence-electron chi connectivity index (χ4n) is 2.59. The molecule has 10 heteroatoms. The lowest BCUT2D eigenvalue weighted by atomic mass is 10.1. The highest BCUT2D eigenvalue weighted by atomic mass is 16.4. The van der Waals surface area contributed by atoms with Crippen LogP contribution in [0.15, 0.2) is 30.3 Å². The minimum atomic E-state index is -1.14. The summed E-state index contributed by atoms with van der Waals surface area (Å²) < 4.78 is 0. The van der Waals surface area contributed by atoms with Gasteiger partial charge >= 0.3 is 5.97 Å². The maximum atomic E-state index is 12.6. The Hall–Kier alpha value is -3.56. The Balaban J connectivity index is 2.84. The van der Waals surface area contributed by atoms with E-state index in [1.165, 1.54) is 6.92 Å². The Morgan fingerprint density at radius 3 is 2.13 bits per heavy atom. The Morgan fingerprint density at radius 1 is 0.967 bits per heavy atom. The Kier molecular flexibility index (Phi) is 10.5. The molecule has 1 rings (SSSR count). The van der Waals surface area contributed by atoms with Crippen LogP contribution in [-0.4, -0.2) is 52.9 Å². The molecule has 3 amide bonds. The van der Waals surface area contributed by atoms with Gasteiger partial charge in [0, 0.05) is 26.3 Å². The lowest BCUT2D eigenvalue weighted by molar-refractivity contribution is -0.138. The molecule has 2 atom stereocenters. The van der Waals surface area contributed by atoms with Gasteiger partial charge in [0.2, 0.25) is 17.7 Å². The van der Waals surface area contributed by atoms with Gasteiger partial charge in [0.25, 0.3) is 0 Å². The van der Waals surface area contributed by atoms with E-state index in [-0.39, 0.29) is 32.2 Å². The average molecular weight is 418 g/mol. The molecular weight excluding hydrogens is 392 g/mol. The Bertz CT molecular complexity index is 781. The summed E-state index contributed by atoms with van der Waals surface area (Å²) in [5, 5.41) is 23.3. The van der Waals surface area contributed by atoms with Crippen LogP contribution in [0.2, 0.25) is 0 Å². The number of amides is 3. The van der Waals surface area contributed by atoms with Crippen molar-refractivity contribution in [3.8, 4) is 0 Å². The van der Waals surface area contributed by atoms with Gasteiger partial charge in [-0.05, 0) is 18.4 Å². The van der Waals surface area contributed by atoms with Gasteiger partial charge < -0.3 is 26.5 Å². The standard InChI is InChI=1S/C20H26N4O6/c1-13(25)23-17(9-10-18(27)28)20(30)24-16(8-7-15(26)11-21)19(29)22-12-14-5-3-2-4-6-14/h2-6,11,16-17,21H,7-10,12H2,1H3,(H,22,29)(H,23,25)(H,24,30)(H,27,28)/t16-,17-/m0/s1. The number of nitrogens with one attached hydrogen (secondary N) is 4. The van der Waals surface area contributed by atoms with E-state index in [0.717, 1.165) is 5.56 Å². The highest BCUT2D eigenvalue weighted by Crippen LogP contribution is 2.04. The average Bonchev–Trinajstić information content (AvgIpc) is 2.72. The van der Waals surface area contributed by atoms with E-state index < -0.39 is 41.6 Å². The first kappa shape index (κ1) is 24.5. The number of carbonyl (C=O) groups is 5. The van der Waals surface area contributed by atoms with Crippen molar-refractivity contribution in [2.24, 2.45) is 0 Å². The van der Waals surface area contributed by atoms with Gasteiger partial charge in [-0.2, -0.15) is 0 Å². The van der Waals surface area contributed by atoms with Crippen LogP contribution < -0.4 is 16.0 Å². The van der Waals surface area contributed by atoms with E-state index in [2.05, 4.69) is 16.0 Å². The van der Waals surface area contributed by atoms with Gasteiger partial charge in [-0.3, -0.25) is 24.0 Å². The smallest absolute Gasteiger partial charge is 0.303 e. The molecule has 0 aliphatic heterocycles. The third-order valence-electron chi connectivity index (χ3n) is 4.12. The Morgan fingerprint density at radius 2 is 1.57 bits per heavy atom. The molecule has 0 bridgehead atoms. The quantitative estimate of drug-likeness (QED) is 0.286. The second-order valence-electron chi connectivity index (χ2n) is 6.60. The van der Waals surface area contributed by atoms with Gasteiger partial charge in [0.05, 0.1) is 6.21 Å². The fourth-order valence-corrected chi connectivity index (χ4v) is 2.59. The number of hydrogen-bond acceptors (Lipinski definition) is 6. The molecule has 0 spiro atoms. The van der Waals surface area contributed by atoms with Crippen LogP contribution >= 0.6 is 0 Å². The van der Waals surface area contributed by atoms with Crippen molar-refractivity contribution < 1.29 is 29.1 Å². The fraction of sp³-hybridized carbons (Fsp3) is 0.400. The summed E-state index contributed by atoms with van der Waals surface area (Å²) in [6.45, 7) is 1.40.